The topological polar surface area (TPSA) is 71.2 Å². The molecule has 18 heavy (non-hydrogen) atoms. The van der Waals surface area contributed by atoms with Gasteiger partial charge in [-0.05, 0) is 24.1 Å². The Labute approximate surface area is 106 Å². The zero-order chi connectivity index (χ0) is 13.0. The van der Waals surface area contributed by atoms with Crippen molar-refractivity contribution in [3.05, 3.63) is 41.5 Å². The summed E-state index contributed by atoms with van der Waals surface area (Å²) >= 11 is 0. The van der Waals surface area contributed by atoms with Crippen molar-refractivity contribution in [1.82, 2.24) is 15.5 Å². The van der Waals surface area contributed by atoms with E-state index >= 15 is 0 Å². The largest absolute Gasteiger partial charge is 0.508 e. The molecule has 0 fully saturated rings. The van der Waals surface area contributed by atoms with Crippen LogP contribution in [0.15, 0.2) is 28.8 Å². The smallest absolute Gasteiger partial charge is 0.223 e. The minimum absolute atomic E-state index is 0.212. The Kier molecular flexibility index (Phi) is 3.94. The molecule has 2 aromatic rings. The normalized spacial score (nSPS) is 12.6. The van der Waals surface area contributed by atoms with Crippen molar-refractivity contribution in [3.63, 3.8) is 0 Å². The predicted molar refractivity (Wildman–Crippen MR) is 67.0 cm³/mol. The third-order valence-corrected chi connectivity index (χ3v) is 2.78. The van der Waals surface area contributed by atoms with E-state index in [2.05, 4.69) is 22.4 Å². The van der Waals surface area contributed by atoms with Crippen LogP contribution in [0, 0.1) is 6.92 Å². The first kappa shape index (κ1) is 12.6. The molecule has 0 spiro atoms. The second-order valence-corrected chi connectivity index (χ2v) is 4.16. The zero-order valence-corrected chi connectivity index (χ0v) is 10.6. The number of phenols is 1. The Balaban J connectivity index is 1.99. The summed E-state index contributed by atoms with van der Waals surface area (Å²) in [4.78, 5) is 4.14. The summed E-state index contributed by atoms with van der Waals surface area (Å²) in [5, 5.41) is 16.5. The van der Waals surface area contributed by atoms with Gasteiger partial charge in [-0.25, -0.2) is 0 Å². The fourth-order valence-electron chi connectivity index (χ4n) is 1.83. The first-order valence-corrected chi connectivity index (χ1v) is 6.00. The molecule has 1 aromatic carbocycles. The summed E-state index contributed by atoms with van der Waals surface area (Å²) in [7, 11) is 0. The second kappa shape index (κ2) is 5.64. The molecule has 5 heteroatoms. The van der Waals surface area contributed by atoms with Crippen LogP contribution in [0.5, 0.6) is 5.75 Å². The summed E-state index contributed by atoms with van der Waals surface area (Å²) in [6.07, 6.45) is 0.946. The van der Waals surface area contributed by atoms with Gasteiger partial charge in [0, 0.05) is 13.0 Å². The Bertz CT molecular complexity index is 493. The molecule has 0 aliphatic heterocycles. The molecule has 0 aliphatic carbocycles. The molecule has 0 saturated carbocycles. The summed E-state index contributed by atoms with van der Waals surface area (Å²) in [6, 6.07) is 7.43. The lowest BCUT2D eigenvalue weighted by Crippen LogP contribution is -2.20. The average Bonchev–Trinajstić information content (AvgIpc) is 2.78. The third-order valence-electron chi connectivity index (χ3n) is 2.78. The van der Waals surface area contributed by atoms with Crippen LogP contribution >= 0.6 is 0 Å². The maximum Gasteiger partial charge on any atom is 0.223 e. The van der Waals surface area contributed by atoms with Gasteiger partial charge in [0.25, 0.3) is 0 Å². The first-order valence-electron chi connectivity index (χ1n) is 6.00. The van der Waals surface area contributed by atoms with Gasteiger partial charge >= 0.3 is 0 Å². The van der Waals surface area contributed by atoms with Crippen LogP contribution in [0.4, 0.5) is 0 Å². The molecule has 1 aromatic heterocycles. The SMILES string of the molecule is CCC(NCc1noc(C)n1)c1ccc(O)cc1. The number of aromatic hydroxyl groups is 1. The average molecular weight is 247 g/mol. The molecular formula is C13H17N3O2. The third kappa shape index (κ3) is 3.07. The lowest BCUT2D eigenvalue weighted by atomic mass is 10.0. The number of nitrogens with one attached hydrogen (secondary N) is 1. The van der Waals surface area contributed by atoms with Gasteiger partial charge in [0.1, 0.15) is 5.75 Å². The fourth-order valence-corrected chi connectivity index (χ4v) is 1.83. The first-order chi connectivity index (χ1) is 8.69. The van der Waals surface area contributed by atoms with Crippen molar-refractivity contribution in [3.8, 4) is 5.75 Å². The number of rotatable bonds is 5. The highest BCUT2D eigenvalue weighted by Crippen LogP contribution is 2.19. The molecule has 1 heterocycles. The van der Waals surface area contributed by atoms with Gasteiger partial charge in [-0.1, -0.05) is 24.2 Å². The standard InChI is InChI=1S/C13H17N3O2/c1-3-12(10-4-6-11(17)7-5-10)14-8-13-15-9(2)18-16-13/h4-7,12,14,17H,3,8H2,1-2H3. The zero-order valence-electron chi connectivity index (χ0n) is 10.6. The minimum atomic E-state index is 0.212. The molecule has 0 amide bonds. The number of phenolic OH excluding ortho intramolecular Hbond substituents is 1. The second-order valence-electron chi connectivity index (χ2n) is 4.16. The van der Waals surface area contributed by atoms with E-state index in [1.54, 1.807) is 19.1 Å². The number of nitrogens with zero attached hydrogens (tertiary/aromatic N) is 2. The lowest BCUT2D eigenvalue weighted by Gasteiger charge is -2.16. The molecule has 0 aliphatic rings. The Morgan fingerprint density at radius 2 is 2.06 bits per heavy atom. The van der Waals surface area contributed by atoms with Gasteiger partial charge in [-0.3, -0.25) is 0 Å². The minimum Gasteiger partial charge on any atom is -0.508 e. The molecule has 96 valence electrons. The van der Waals surface area contributed by atoms with E-state index in [1.807, 2.05) is 12.1 Å². The van der Waals surface area contributed by atoms with Gasteiger partial charge in [0.2, 0.25) is 5.89 Å². The van der Waals surface area contributed by atoms with Crippen molar-refractivity contribution in [1.29, 1.82) is 0 Å². The fraction of sp³-hybridized carbons (Fsp3) is 0.385. The molecule has 0 radical (unpaired) electrons. The summed E-state index contributed by atoms with van der Waals surface area (Å²) in [5.41, 5.74) is 1.13. The summed E-state index contributed by atoms with van der Waals surface area (Å²) < 4.78 is 4.92. The van der Waals surface area contributed by atoms with Crippen molar-refractivity contribution in [2.24, 2.45) is 0 Å². The van der Waals surface area contributed by atoms with Gasteiger partial charge in [0.05, 0.1) is 6.54 Å². The van der Waals surface area contributed by atoms with Crippen LogP contribution in [0.25, 0.3) is 0 Å². The van der Waals surface area contributed by atoms with Crippen LogP contribution in [0.1, 0.15) is 36.7 Å². The summed E-state index contributed by atoms with van der Waals surface area (Å²) in [5.74, 6) is 1.51. The van der Waals surface area contributed by atoms with Crippen LogP contribution in [0.2, 0.25) is 0 Å². The van der Waals surface area contributed by atoms with Crippen molar-refractivity contribution in [2.45, 2.75) is 32.9 Å². The highest BCUT2D eigenvalue weighted by atomic mass is 16.5. The van der Waals surface area contributed by atoms with Gasteiger partial charge in [0.15, 0.2) is 5.82 Å². The Morgan fingerprint density at radius 1 is 1.33 bits per heavy atom. The lowest BCUT2D eigenvalue weighted by molar-refractivity contribution is 0.383. The Hall–Kier alpha value is -1.88. The van der Waals surface area contributed by atoms with Crippen molar-refractivity contribution >= 4 is 0 Å². The van der Waals surface area contributed by atoms with Crippen molar-refractivity contribution in [2.75, 3.05) is 0 Å². The van der Waals surface area contributed by atoms with Gasteiger partial charge in [-0.15, -0.1) is 0 Å². The van der Waals surface area contributed by atoms with Gasteiger partial charge in [-0.2, -0.15) is 4.98 Å². The number of aryl methyl sites for hydroxylation is 1. The number of aromatic nitrogens is 2. The molecule has 1 atom stereocenters. The van der Waals surface area contributed by atoms with E-state index in [0.717, 1.165) is 12.0 Å². The molecule has 5 nitrogen and oxygen atoms in total. The summed E-state index contributed by atoms with van der Waals surface area (Å²) in [6.45, 7) is 4.44. The van der Waals surface area contributed by atoms with E-state index < -0.39 is 0 Å². The maximum absolute atomic E-state index is 9.27. The molecule has 0 bridgehead atoms. The highest BCUT2D eigenvalue weighted by Gasteiger charge is 2.10. The number of benzene rings is 1. The van der Waals surface area contributed by atoms with E-state index in [4.69, 9.17) is 4.52 Å². The molecule has 2 N–H and O–H groups in total. The molecular weight excluding hydrogens is 230 g/mol. The van der Waals surface area contributed by atoms with E-state index in [0.29, 0.717) is 18.3 Å². The highest BCUT2D eigenvalue weighted by molar-refractivity contribution is 5.27. The molecule has 2 rings (SSSR count). The quantitative estimate of drug-likeness (QED) is 0.848. The van der Waals surface area contributed by atoms with E-state index in [1.165, 1.54) is 0 Å². The maximum atomic E-state index is 9.27. The van der Waals surface area contributed by atoms with Crippen LogP contribution in [-0.4, -0.2) is 15.2 Å². The molecule has 1 unspecified atom stereocenters. The van der Waals surface area contributed by atoms with Gasteiger partial charge < -0.3 is 14.9 Å². The van der Waals surface area contributed by atoms with E-state index in [9.17, 15) is 5.11 Å². The number of hydrogen-bond acceptors (Lipinski definition) is 5. The van der Waals surface area contributed by atoms with Crippen molar-refractivity contribution < 1.29 is 9.63 Å². The van der Waals surface area contributed by atoms with Crippen LogP contribution < -0.4 is 5.32 Å². The van der Waals surface area contributed by atoms with E-state index in [-0.39, 0.29) is 11.8 Å². The predicted octanol–water partition coefficient (Wildman–Crippen LogP) is 2.32. The molecule has 0 saturated heterocycles. The Morgan fingerprint density at radius 3 is 2.61 bits per heavy atom. The van der Waals surface area contributed by atoms with Crippen LogP contribution in [-0.2, 0) is 6.54 Å². The number of hydrogen-bond donors (Lipinski definition) is 2. The monoisotopic (exact) mass is 247 g/mol. The van der Waals surface area contributed by atoms with Crippen LogP contribution in [0.3, 0.4) is 0 Å².